The first-order chi connectivity index (χ1) is 13.2. The standard InChI is InChI=1S/C23H27NO3/c25-17-20-10-8-19(9-11-20)15-23(27)24-14-4-7-21(16-24)22(26)13-12-18-5-2-1-3-6-18/h1-3,5-6,8-11,21,25H,4,7,12-17H2. The van der Waals surface area contributed by atoms with Crippen LogP contribution in [0.5, 0.6) is 0 Å². The fourth-order valence-corrected chi connectivity index (χ4v) is 3.63. The van der Waals surface area contributed by atoms with Gasteiger partial charge in [0, 0.05) is 25.4 Å². The number of rotatable bonds is 7. The number of hydrogen-bond acceptors (Lipinski definition) is 3. The highest BCUT2D eigenvalue weighted by molar-refractivity contribution is 5.83. The van der Waals surface area contributed by atoms with Gasteiger partial charge in [-0.1, -0.05) is 54.6 Å². The molecular formula is C23H27NO3. The van der Waals surface area contributed by atoms with E-state index in [2.05, 4.69) is 0 Å². The summed E-state index contributed by atoms with van der Waals surface area (Å²) < 4.78 is 0. The molecule has 0 saturated carbocycles. The molecule has 0 aromatic heterocycles. The van der Waals surface area contributed by atoms with Crippen LogP contribution in [0.2, 0.25) is 0 Å². The fraction of sp³-hybridized carbons (Fsp3) is 0.391. The van der Waals surface area contributed by atoms with E-state index in [1.807, 2.05) is 59.5 Å². The number of aryl methyl sites for hydroxylation is 1. The van der Waals surface area contributed by atoms with Crippen LogP contribution in [0.4, 0.5) is 0 Å². The van der Waals surface area contributed by atoms with Crippen LogP contribution in [0, 0.1) is 5.92 Å². The lowest BCUT2D eigenvalue weighted by Crippen LogP contribution is -2.43. The molecular weight excluding hydrogens is 338 g/mol. The van der Waals surface area contributed by atoms with Gasteiger partial charge in [-0.3, -0.25) is 9.59 Å². The lowest BCUT2D eigenvalue weighted by atomic mass is 9.90. The number of carbonyl (C=O) groups is 2. The Bertz CT molecular complexity index is 755. The van der Waals surface area contributed by atoms with E-state index in [0.29, 0.717) is 19.4 Å². The average molecular weight is 365 g/mol. The van der Waals surface area contributed by atoms with Crippen LogP contribution in [0.3, 0.4) is 0 Å². The third-order valence-corrected chi connectivity index (χ3v) is 5.29. The molecule has 27 heavy (non-hydrogen) atoms. The van der Waals surface area contributed by atoms with Crippen molar-refractivity contribution in [3.05, 3.63) is 71.3 Å². The van der Waals surface area contributed by atoms with Gasteiger partial charge in [0.2, 0.25) is 5.91 Å². The van der Waals surface area contributed by atoms with Gasteiger partial charge in [0.05, 0.1) is 13.0 Å². The quantitative estimate of drug-likeness (QED) is 0.820. The number of hydrogen-bond donors (Lipinski definition) is 1. The number of ketones is 1. The number of benzene rings is 2. The van der Waals surface area contributed by atoms with E-state index in [9.17, 15) is 9.59 Å². The summed E-state index contributed by atoms with van der Waals surface area (Å²) in [6.07, 6.45) is 3.41. The molecule has 4 heteroatoms. The van der Waals surface area contributed by atoms with E-state index in [4.69, 9.17) is 5.11 Å². The highest BCUT2D eigenvalue weighted by atomic mass is 16.3. The molecule has 0 radical (unpaired) electrons. The number of carbonyl (C=O) groups excluding carboxylic acids is 2. The second kappa shape index (κ2) is 9.47. The molecule has 1 aliphatic heterocycles. The zero-order valence-corrected chi connectivity index (χ0v) is 15.6. The monoisotopic (exact) mass is 365 g/mol. The molecule has 1 aliphatic rings. The Labute approximate surface area is 160 Å². The van der Waals surface area contributed by atoms with Crippen LogP contribution in [-0.2, 0) is 29.0 Å². The lowest BCUT2D eigenvalue weighted by Gasteiger charge is -2.32. The number of nitrogens with zero attached hydrogens (tertiary/aromatic N) is 1. The molecule has 1 heterocycles. The summed E-state index contributed by atoms with van der Waals surface area (Å²) in [6, 6.07) is 17.5. The first-order valence-corrected chi connectivity index (χ1v) is 9.69. The molecule has 1 fully saturated rings. The molecule has 1 amide bonds. The Balaban J connectivity index is 1.51. The van der Waals surface area contributed by atoms with Crippen molar-refractivity contribution in [2.45, 2.75) is 38.7 Å². The second-order valence-electron chi connectivity index (χ2n) is 7.28. The van der Waals surface area contributed by atoms with Gasteiger partial charge in [0.15, 0.2) is 0 Å². The van der Waals surface area contributed by atoms with Crippen molar-refractivity contribution in [3.8, 4) is 0 Å². The summed E-state index contributed by atoms with van der Waals surface area (Å²) in [5.41, 5.74) is 2.96. The van der Waals surface area contributed by atoms with Crippen molar-refractivity contribution in [3.63, 3.8) is 0 Å². The predicted molar refractivity (Wildman–Crippen MR) is 105 cm³/mol. The number of aliphatic hydroxyl groups is 1. The van der Waals surface area contributed by atoms with Crippen LogP contribution in [0.25, 0.3) is 0 Å². The van der Waals surface area contributed by atoms with Gasteiger partial charge >= 0.3 is 0 Å². The number of piperidine rings is 1. The fourth-order valence-electron chi connectivity index (χ4n) is 3.63. The van der Waals surface area contributed by atoms with Crippen LogP contribution in [0.15, 0.2) is 54.6 Å². The van der Waals surface area contributed by atoms with Crippen molar-refractivity contribution < 1.29 is 14.7 Å². The van der Waals surface area contributed by atoms with E-state index < -0.39 is 0 Å². The van der Waals surface area contributed by atoms with Gasteiger partial charge in [0.1, 0.15) is 5.78 Å². The van der Waals surface area contributed by atoms with Gasteiger partial charge in [-0.15, -0.1) is 0 Å². The highest BCUT2D eigenvalue weighted by Crippen LogP contribution is 2.20. The minimum absolute atomic E-state index is 0.00707. The zero-order chi connectivity index (χ0) is 19.1. The molecule has 4 nitrogen and oxygen atoms in total. The normalized spacial score (nSPS) is 16.9. The summed E-state index contributed by atoms with van der Waals surface area (Å²) in [7, 11) is 0. The van der Waals surface area contributed by atoms with Crippen LogP contribution in [0.1, 0.15) is 36.0 Å². The summed E-state index contributed by atoms with van der Waals surface area (Å²) in [5, 5.41) is 9.10. The van der Waals surface area contributed by atoms with Gasteiger partial charge in [0.25, 0.3) is 0 Å². The van der Waals surface area contributed by atoms with Gasteiger partial charge in [-0.25, -0.2) is 0 Å². The van der Waals surface area contributed by atoms with E-state index in [1.165, 1.54) is 5.56 Å². The van der Waals surface area contributed by atoms with Gasteiger partial charge < -0.3 is 10.0 Å². The third kappa shape index (κ3) is 5.51. The zero-order valence-electron chi connectivity index (χ0n) is 15.6. The smallest absolute Gasteiger partial charge is 0.227 e. The first kappa shape index (κ1) is 19.3. The molecule has 2 aromatic carbocycles. The predicted octanol–water partition coefficient (Wildman–Crippen LogP) is 3.16. The maximum atomic E-state index is 12.6. The molecule has 1 unspecified atom stereocenters. The Morgan fingerprint density at radius 3 is 2.37 bits per heavy atom. The van der Waals surface area contributed by atoms with Gasteiger partial charge in [-0.05, 0) is 36.0 Å². The van der Waals surface area contributed by atoms with E-state index in [0.717, 1.165) is 36.9 Å². The number of likely N-dealkylation sites (tertiary alicyclic amines) is 1. The SMILES string of the molecule is O=C(CCc1ccccc1)C1CCCN(C(=O)Cc2ccc(CO)cc2)C1. The van der Waals surface area contributed by atoms with E-state index >= 15 is 0 Å². The Morgan fingerprint density at radius 2 is 1.67 bits per heavy atom. The highest BCUT2D eigenvalue weighted by Gasteiger charge is 2.27. The van der Waals surface area contributed by atoms with Crippen LogP contribution in [-0.4, -0.2) is 34.8 Å². The number of aliphatic hydroxyl groups excluding tert-OH is 1. The van der Waals surface area contributed by atoms with Crippen molar-refractivity contribution in [1.82, 2.24) is 4.90 Å². The van der Waals surface area contributed by atoms with Crippen LogP contribution >= 0.6 is 0 Å². The van der Waals surface area contributed by atoms with Crippen molar-refractivity contribution >= 4 is 11.7 Å². The van der Waals surface area contributed by atoms with Crippen molar-refractivity contribution in [2.24, 2.45) is 5.92 Å². The average Bonchev–Trinajstić information content (AvgIpc) is 2.73. The number of amides is 1. The molecule has 0 spiro atoms. The minimum Gasteiger partial charge on any atom is -0.392 e. The van der Waals surface area contributed by atoms with Crippen molar-refractivity contribution in [1.29, 1.82) is 0 Å². The molecule has 0 aliphatic carbocycles. The minimum atomic E-state index is -0.0387. The first-order valence-electron chi connectivity index (χ1n) is 9.69. The molecule has 3 rings (SSSR count). The topological polar surface area (TPSA) is 57.6 Å². The largest absolute Gasteiger partial charge is 0.392 e. The molecule has 1 atom stereocenters. The molecule has 1 saturated heterocycles. The Kier molecular flexibility index (Phi) is 6.77. The van der Waals surface area contributed by atoms with E-state index in [-0.39, 0.29) is 24.2 Å². The second-order valence-corrected chi connectivity index (χ2v) is 7.28. The lowest BCUT2D eigenvalue weighted by molar-refractivity contribution is -0.134. The van der Waals surface area contributed by atoms with E-state index in [1.54, 1.807) is 0 Å². The number of Topliss-reactive ketones (excluding diaryl/α,β-unsaturated/α-hetero) is 1. The summed E-state index contributed by atoms with van der Waals surface area (Å²) in [6.45, 7) is 1.28. The molecule has 0 bridgehead atoms. The summed E-state index contributed by atoms with van der Waals surface area (Å²) in [5.74, 6) is 0.305. The van der Waals surface area contributed by atoms with Crippen molar-refractivity contribution in [2.75, 3.05) is 13.1 Å². The Hall–Kier alpha value is -2.46. The summed E-state index contributed by atoms with van der Waals surface area (Å²) >= 11 is 0. The van der Waals surface area contributed by atoms with Crippen LogP contribution < -0.4 is 0 Å². The maximum absolute atomic E-state index is 12.6. The molecule has 142 valence electrons. The molecule has 2 aromatic rings. The maximum Gasteiger partial charge on any atom is 0.227 e. The molecule has 1 N–H and O–H groups in total. The summed E-state index contributed by atoms with van der Waals surface area (Å²) in [4.78, 5) is 27.1. The Morgan fingerprint density at radius 1 is 0.963 bits per heavy atom. The third-order valence-electron chi connectivity index (χ3n) is 5.29. The van der Waals surface area contributed by atoms with Gasteiger partial charge in [-0.2, -0.15) is 0 Å².